The molecule has 0 aliphatic rings. The largest absolute Gasteiger partial charge is 0.512 e. The van der Waals surface area contributed by atoms with E-state index in [2.05, 4.69) is 83.3 Å². The molecule has 7 heteroatoms. The summed E-state index contributed by atoms with van der Waals surface area (Å²) in [5, 5.41) is 17.5. The van der Waals surface area contributed by atoms with E-state index in [0.717, 1.165) is 43.4 Å². The molecule has 1 N–H and O–H groups in total. The molecule has 1 radical (unpaired) electrons. The van der Waals surface area contributed by atoms with E-state index in [1.165, 1.54) is 62.4 Å². The van der Waals surface area contributed by atoms with Gasteiger partial charge in [0.05, 0.1) is 9.40 Å². The third-order valence-electron chi connectivity index (χ3n) is 11.3. The van der Waals surface area contributed by atoms with Gasteiger partial charge in [-0.05, 0) is 88.2 Å². The Labute approximate surface area is 337 Å². The number of aliphatic hydroxyl groups excluding tert-OH is 1. The number of hydrogen-bond donors (Lipinski definition) is 1. The minimum atomic E-state index is -0.337. The second-order valence-electron chi connectivity index (χ2n) is 16.1. The summed E-state index contributed by atoms with van der Waals surface area (Å²) in [6, 6.07) is 15.1. The van der Waals surface area contributed by atoms with Crippen molar-refractivity contribution < 1.29 is 30.0 Å². The third kappa shape index (κ3) is 8.15. The van der Waals surface area contributed by atoms with Gasteiger partial charge in [0.1, 0.15) is 5.76 Å². The molecule has 4 aromatic heterocycles. The summed E-state index contributed by atoms with van der Waals surface area (Å²) in [7, 11) is 0. The van der Waals surface area contributed by atoms with Crippen molar-refractivity contribution in [1.29, 1.82) is 0 Å². The fraction of sp³-hybridized carbons (Fsp3) is 0.467. The number of aryl methyl sites for hydroxylation is 1. The van der Waals surface area contributed by atoms with Gasteiger partial charge in [0, 0.05) is 58.5 Å². The van der Waals surface area contributed by atoms with Crippen LogP contribution in [-0.2, 0) is 36.7 Å². The van der Waals surface area contributed by atoms with E-state index in [-0.39, 0.29) is 47.9 Å². The maximum Gasteiger partial charge on any atom is 0.164 e. The summed E-state index contributed by atoms with van der Waals surface area (Å²) in [5.74, 6) is 0.953. The Morgan fingerprint density at radius 2 is 1.50 bits per heavy atom. The third-order valence-corrected chi connectivity index (χ3v) is 14.9. The number of rotatable bonds is 10. The summed E-state index contributed by atoms with van der Waals surface area (Å²) in [6.07, 6.45) is 7.87. The van der Waals surface area contributed by atoms with E-state index >= 15 is 0 Å². The molecule has 3 nitrogen and oxygen atoms in total. The zero-order chi connectivity index (χ0) is 37.5. The van der Waals surface area contributed by atoms with E-state index < -0.39 is 0 Å². The number of aliphatic hydroxyl groups is 1. The first kappa shape index (κ1) is 42.3. The quantitative estimate of drug-likeness (QED) is 0.0846. The van der Waals surface area contributed by atoms with Crippen LogP contribution < -0.4 is 0 Å². The maximum atomic E-state index is 12.2. The minimum absolute atomic E-state index is 0. The zero-order valence-corrected chi connectivity index (χ0v) is 37.9. The molecule has 281 valence electrons. The molecule has 0 atom stereocenters. The topological polar surface area (TPSA) is 50.2 Å². The van der Waals surface area contributed by atoms with Crippen LogP contribution in [0.25, 0.3) is 51.6 Å². The molecule has 0 saturated heterocycles. The Hall–Kier alpha value is -2.41. The van der Waals surface area contributed by atoms with Crippen molar-refractivity contribution in [1.82, 2.24) is 4.98 Å². The summed E-state index contributed by atoms with van der Waals surface area (Å²) >= 11 is 5.72. The van der Waals surface area contributed by atoms with Gasteiger partial charge >= 0.3 is 0 Å². The average Bonchev–Trinajstić information content (AvgIpc) is 3.82. The number of allylic oxidation sites excluding steroid dienone is 2. The second-order valence-corrected chi connectivity index (χ2v) is 19.2. The number of benzene rings is 2. The standard InChI is InChI=1S/C30H28NS3.C15H28O2.Ir/c1-16(2)13-24-17(3)20-7-8-21-25-23(33-29(21)28(20)34-24)9-11-31-26(25)19-14-18-10-12-32-27(18)22(15-19)30(4,5)6;1-7-14(5,8-2)12(16)11-13(17)15(6,9-3)10-4;/h7-12,15-16H,13H2,1-6H3;11,16H,7-10H2,1-6H3;/q-1;;/b;12-11-;. The van der Waals surface area contributed by atoms with Gasteiger partial charge in [0.25, 0.3) is 0 Å². The van der Waals surface area contributed by atoms with Crippen LogP contribution in [-0.4, -0.2) is 15.9 Å². The zero-order valence-electron chi connectivity index (χ0n) is 33.1. The van der Waals surface area contributed by atoms with E-state index in [9.17, 15) is 9.90 Å². The molecule has 52 heavy (non-hydrogen) atoms. The van der Waals surface area contributed by atoms with E-state index in [1.807, 2.05) is 81.7 Å². The predicted molar refractivity (Wildman–Crippen MR) is 227 cm³/mol. The Morgan fingerprint density at radius 3 is 2.10 bits per heavy atom. The van der Waals surface area contributed by atoms with Crippen LogP contribution in [0.15, 0.2) is 53.7 Å². The van der Waals surface area contributed by atoms with Crippen LogP contribution in [0, 0.1) is 29.7 Å². The number of nitrogens with zero attached hydrogens (tertiary/aromatic N) is 1. The Balaban J connectivity index is 0.000000289. The van der Waals surface area contributed by atoms with Crippen LogP contribution >= 0.6 is 34.0 Å². The van der Waals surface area contributed by atoms with Crippen LogP contribution in [0.2, 0.25) is 0 Å². The monoisotopic (exact) mass is 931 g/mol. The average molecular weight is 931 g/mol. The number of carbonyl (C=O) groups is 1. The molecule has 6 rings (SSSR count). The number of ketones is 1. The van der Waals surface area contributed by atoms with Gasteiger partial charge in [-0.1, -0.05) is 99.4 Å². The van der Waals surface area contributed by atoms with Crippen molar-refractivity contribution in [3.8, 4) is 11.3 Å². The van der Waals surface area contributed by atoms with Gasteiger partial charge in [-0.25, -0.2) is 0 Å². The summed E-state index contributed by atoms with van der Waals surface area (Å²) in [4.78, 5) is 18.6. The number of thiophene rings is 3. The Bertz CT molecular complexity index is 2220. The first-order chi connectivity index (χ1) is 24.0. The van der Waals surface area contributed by atoms with Crippen molar-refractivity contribution in [3.63, 3.8) is 0 Å². The summed E-state index contributed by atoms with van der Waals surface area (Å²) in [5.41, 5.74) is 4.44. The molecule has 0 amide bonds. The van der Waals surface area contributed by atoms with Gasteiger partial charge in [-0.15, -0.1) is 46.3 Å². The van der Waals surface area contributed by atoms with E-state index in [0.29, 0.717) is 5.92 Å². The number of pyridine rings is 1. The molecule has 0 saturated carbocycles. The molecule has 6 aromatic rings. The van der Waals surface area contributed by atoms with Crippen LogP contribution in [0.5, 0.6) is 0 Å². The van der Waals surface area contributed by atoms with Crippen molar-refractivity contribution in [2.24, 2.45) is 16.7 Å². The first-order valence-electron chi connectivity index (χ1n) is 18.6. The fourth-order valence-corrected chi connectivity index (χ4v) is 10.6. The van der Waals surface area contributed by atoms with Gasteiger partial charge in [-0.3, -0.25) is 9.78 Å². The number of hydrogen-bond acceptors (Lipinski definition) is 6. The van der Waals surface area contributed by atoms with Crippen LogP contribution in [0.3, 0.4) is 0 Å². The molecule has 0 aliphatic carbocycles. The summed E-state index contributed by atoms with van der Waals surface area (Å²) < 4.78 is 5.48. The van der Waals surface area contributed by atoms with Gasteiger partial charge < -0.3 is 5.11 Å². The Morgan fingerprint density at radius 1 is 0.885 bits per heavy atom. The maximum absolute atomic E-state index is 12.2. The predicted octanol–water partition coefficient (Wildman–Crippen LogP) is 14.8. The normalized spacial score (nSPS) is 12.9. The summed E-state index contributed by atoms with van der Waals surface area (Å²) in [6.45, 7) is 25.9. The number of aromatic nitrogens is 1. The number of fused-ring (bicyclic) bond motifs is 6. The van der Waals surface area contributed by atoms with Gasteiger partial charge in [-0.2, -0.15) is 11.3 Å². The molecular formula is C45H56IrNO2S3-. The van der Waals surface area contributed by atoms with Crippen LogP contribution in [0.4, 0.5) is 0 Å². The van der Waals surface area contributed by atoms with Crippen molar-refractivity contribution >= 4 is 80.1 Å². The molecular weight excluding hydrogens is 875 g/mol. The van der Waals surface area contributed by atoms with Crippen molar-refractivity contribution in [2.45, 2.75) is 121 Å². The van der Waals surface area contributed by atoms with Crippen molar-refractivity contribution in [3.05, 3.63) is 75.8 Å². The van der Waals surface area contributed by atoms with Gasteiger partial charge in [0.15, 0.2) is 5.78 Å². The molecule has 0 spiro atoms. The van der Waals surface area contributed by atoms with E-state index in [4.69, 9.17) is 4.98 Å². The SMILES string of the molecule is CCC(C)(CC)C(=O)/C=C(\O)C(C)(CC)CC.Cc1c(CC(C)C)sc2c1ccc1c2sc2ccnc(-c3[c-]c4ccsc4c(C(C)(C)C)c3)c21.[Ir]. The second kappa shape index (κ2) is 16.5. The molecule has 0 bridgehead atoms. The van der Waals surface area contributed by atoms with Gasteiger partial charge in [0.2, 0.25) is 0 Å². The van der Waals surface area contributed by atoms with E-state index in [1.54, 1.807) is 0 Å². The molecule has 4 heterocycles. The molecule has 0 aliphatic heterocycles. The fourth-order valence-electron chi connectivity index (χ4n) is 6.65. The smallest absolute Gasteiger partial charge is 0.164 e. The van der Waals surface area contributed by atoms with Crippen molar-refractivity contribution in [2.75, 3.05) is 0 Å². The Kier molecular flexibility index (Phi) is 13.5. The molecule has 0 fully saturated rings. The first-order valence-corrected chi connectivity index (χ1v) is 21.1. The molecule has 2 aromatic carbocycles. The van der Waals surface area contributed by atoms with Crippen LogP contribution in [0.1, 0.15) is 118 Å². The number of carbonyl (C=O) groups excluding carboxylic acids is 1. The molecule has 0 unspecified atom stereocenters. The minimum Gasteiger partial charge on any atom is -0.512 e.